The van der Waals surface area contributed by atoms with E-state index in [1.807, 2.05) is 6.07 Å². The maximum atomic E-state index is 12.4. The minimum absolute atomic E-state index is 0.0260. The topological polar surface area (TPSA) is 104 Å². The van der Waals surface area contributed by atoms with Crippen LogP contribution < -0.4 is 5.43 Å². The largest absolute Gasteiger partial charge is 0.346 e. The zero-order chi connectivity index (χ0) is 21.8. The first-order valence-corrected chi connectivity index (χ1v) is 11.5. The van der Waals surface area contributed by atoms with E-state index < -0.39 is 9.84 Å². The van der Waals surface area contributed by atoms with Crippen molar-refractivity contribution in [2.24, 2.45) is 0 Å². The van der Waals surface area contributed by atoms with E-state index in [2.05, 4.69) is 16.0 Å². The molecule has 0 atom stereocenters. The van der Waals surface area contributed by atoms with Gasteiger partial charge in [-0.1, -0.05) is 23.7 Å². The van der Waals surface area contributed by atoms with E-state index in [0.717, 1.165) is 0 Å². The minimum atomic E-state index is -3.39. The highest BCUT2D eigenvalue weighted by Crippen LogP contribution is 2.39. The molecule has 0 spiro atoms. The molecule has 0 fully saturated rings. The number of hydrogen-bond donors (Lipinski definition) is 1. The third-order valence-corrected chi connectivity index (χ3v) is 7.65. The molecule has 2 aromatic carbocycles. The predicted molar refractivity (Wildman–Crippen MR) is 119 cm³/mol. The van der Waals surface area contributed by atoms with Gasteiger partial charge in [-0.15, -0.1) is 0 Å². The molecule has 2 aromatic heterocycles. The first-order chi connectivity index (χ1) is 14.9. The van der Waals surface area contributed by atoms with E-state index >= 15 is 0 Å². The number of sulfone groups is 1. The maximum absolute atomic E-state index is 12.4. The Bertz CT molecular complexity index is 1600. The van der Waals surface area contributed by atoms with Gasteiger partial charge in [-0.3, -0.25) is 4.79 Å². The summed E-state index contributed by atoms with van der Waals surface area (Å²) >= 11 is 6.39. The molecule has 0 saturated carbocycles. The van der Waals surface area contributed by atoms with Crippen LogP contribution in [0, 0.1) is 11.3 Å². The number of aromatic amines is 1. The summed E-state index contributed by atoms with van der Waals surface area (Å²) in [5.41, 5.74) is 3.92. The lowest BCUT2D eigenvalue weighted by molar-refractivity contribution is 0.600. The fourth-order valence-electron chi connectivity index (χ4n) is 3.96. The van der Waals surface area contributed by atoms with Crippen molar-refractivity contribution in [1.29, 1.82) is 5.26 Å². The molecular weight excluding hydrogens is 434 g/mol. The molecule has 0 saturated heterocycles. The number of pyridine rings is 2. The minimum Gasteiger partial charge on any atom is -0.346 e. The van der Waals surface area contributed by atoms with E-state index in [-0.39, 0.29) is 21.1 Å². The van der Waals surface area contributed by atoms with Gasteiger partial charge in [0, 0.05) is 23.4 Å². The van der Waals surface area contributed by atoms with Crippen LogP contribution in [0.15, 0.2) is 64.4 Å². The standard InChI is InChI=1S/C23H14ClN3O3S/c24-19-10-16(9-15-5-7-31(29,30)22(15)19)17-11-18-20(28)4-6-26-23(18)27-21(17)14-3-1-2-13(8-14)12-25/h1-4,6,8-11H,5,7H2,(H,26,27,28). The summed E-state index contributed by atoms with van der Waals surface area (Å²) in [5.74, 6) is 0.0260. The van der Waals surface area contributed by atoms with Crippen molar-refractivity contribution in [2.75, 3.05) is 5.75 Å². The molecule has 0 radical (unpaired) electrons. The number of aromatic nitrogens is 2. The maximum Gasteiger partial charge on any atom is 0.191 e. The predicted octanol–water partition coefficient (Wildman–Crippen LogP) is 4.11. The lowest BCUT2D eigenvalue weighted by atomic mass is 9.95. The average molecular weight is 448 g/mol. The number of nitrogens with one attached hydrogen (secondary N) is 1. The second-order valence-electron chi connectivity index (χ2n) is 7.33. The van der Waals surface area contributed by atoms with Crippen molar-refractivity contribution in [3.63, 3.8) is 0 Å². The average Bonchev–Trinajstić information content (AvgIpc) is 3.08. The molecule has 6 nitrogen and oxygen atoms in total. The summed E-state index contributed by atoms with van der Waals surface area (Å²) in [5, 5.41) is 9.86. The first kappa shape index (κ1) is 19.5. The number of halogens is 1. The molecule has 0 bridgehead atoms. The Balaban J connectivity index is 1.84. The number of nitrogens with zero attached hydrogens (tertiary/aromatic N) is 2. The van der Waals surface area contributed by atoms with Crippen LogP contribution in [-0.2, 0) is 16.3 Å². The highest BCUT2D eigenvalue weighted by molar-refractivity contribution is 7.91. The van der Waals surface area contributed by atoms with Crippen LogP contribution in [0.2, 0.25) is 5.02 Å². The number of nitriles is 1. The second-order valence-corrected chi connectivity index (χ2v) is 9.78. The highest BCUT2D eigenvalue weighted by Gasteiger charge is 2.30. The lowest BCUT2D eigenvalue weighted by Crippen LogP contribution is -2.04. The van der Waals surface area contributed by atoms with Crippen LogP contribution in [0.3, 0.4) is 0 Å². The van der Waals surface area contributed by atoms with Crippen LogP contribution in [0.1, 0.15) is 11.1 Å². The van der Waals surface area contributed by atoms with Gasteiger partial charge in [-0.05, 0) is 47.9 Å². The summed E-state index contributed by atoms with van der Waals surface area (Å²) in [6, 6.07) is 15.7. The summed E-state index contributed by atoms with van der Waals surface area (Å²) < 4.78 is 24.7. The molecule has 0 amide bonds. The van der Waals surface area contributed by atoms with Gasteiger partial charge in [-0.2, -0.15) is 5.26 Å². The van der Waals surface area contributed by atoms with Gasteiger partial charge in [0.05, 0.1) is 38.4 Å². The van der Waals surface area contributed by atoms with Crippen LogP contribution >= 0.6 is 11.6 Å². The lowest BCUT2D eigenvalue weighted by Gasteiger charge is -2.13. The van der Waals surface area contributed by atoms with E-state index in [1.54, 1.807) is 36.4 Å². The molecule has 1 aliphatic heterocycles. The molecule has 1 N–H and O–H groups in total. The zero-order valence-electron chi connectivity index (χ0n) is 16.0. The van der Waals surface area contributed by atoms with Gasteiger partial charge in [0.25, 0.3) is 0 Å². The zero-order valence-corrected chi connectivity index (χ0v) is 17.6. The molecule has 152 valence electrons. The second kappa shape index (κ2) is 7.05. The third-order valence-electron chi connectivity index (χ3n) is 5.39. The molecule has 1 aliphatic rings. The normalized spacial score (nSPS) is 14.3. The van der Waals surface area contributed by atoms with Gasteiger partial charge in [0.1, 0.15) is 5.65 Å². The Kier molecular flexibility index (Phi) is 4.43. The van der Waals surface area contributed by atoms with E-state index in [1.165, 1.54) is 12.3 Å². The summed E-state index contributed by atoms with van der Waals surface area (Å²) in [4.78, 5) is 20.3. The van der Waals surface area contributed by atoms with Gasteiger partial charge >= 0.3 is 0 Å². The Morgan fingerprint density at radius 3 is 2.74 bits per heavy atom. The van der Waals surface area contributed by atoms with Gasteiger partial charge < -0.3 is 4.98 Å². The van der Waals surface area contributed by atoms with Crippen molar-refractivity contribution in [1.82, 2.24) is 9.97 Å². The SMILES string of the molecule is N#Cc1cccc(-c2nc3[nH]ccc(=O)c3cc2-c2cc(Cl)c3c(c2)CCS3(=O)=O)c1. The van der Waals surface area contributed by atoms with Crippen molar-refractivity contribution in [3.8, 4) is 28.5 Å². The first-order valence-electron chi connectivity index (χ1n) is 9.46. The highest BCUT2D eigenvalue weighted by atomic mass is 35.5. The van der Waals surface area contributed by atoms with Crippen molar-refractivity contribution in [3.05, 3.63) is 81.1 Å². The number of hydrogen-bond acceptors (Lipinski definition) is 5. The van der Waals surface area contributed by atoms with Gasteiger partial charge in [0.2, 0.25) is 0 Å². The van der Waals surface area contributed by atoms with Crippen molar-refractivity contribution >= 4 is 32.5 Å². The van der Waals surface area contributed by atoms with Crippen LogP contribution in [0.5, 0.6) is 0 Å². The molecule has 0 aliphatic carbocycles. The number of H-pyrrole nitrogens is 1. The van der Waals surface area contributed by atoms with Crippen molar-refractivity contribution in [2.45, 2.75) is 11.3 Å². The van der Waals surface area contributed by atoms with Gasteiger partial charge in [0.15, 0.2) is 15.3 Å². The van der Waals surface area contributed by atoms with Crippen LogP contribution in [0.25, 0.3) is 33.4 Å². The fraction of sp³-hybridized carbons (Fsp3) is 0.0870. The smallest absolute Gasteiger partial charge is 0.191 e. The quantitative estimate of drug-likeness (QED) is 0.498. The van der Waals surface area contributed by atoms with E-state index in [4.69, 9.17) is 11.6 Å². The van der Waals surface area contributed by atoms with Crippen LogP contribution in [-0.4, -0.2) is 24.1 Å². The summed E-state index contributed by atoms with van der Waals surface area (Å²) in [6.45, 7) is 0. The monoisotopic (exact) mass is 447 g/mol. The summed E-state index contributed by atoms with van der Waals surface area (Å²) in [7, 11) is -3.39. The molecule has 3 heterocycles. The van der Waals surface area contributed by atoms with E-state index in [0.29, 0.717) is 51.0 Å². The molecule has 4 aromatic rings. The Labute approximate surface area is 182 Å². The number of rotatable bonds is 2. The molecule has 0 unspecified atom stereocenters. The van der Waals surface area contributed by atoms with Gasteiger partial charge in [-0.25, -0.2) is 13.4 Å². The van der Waals surface area contributed by atoms with Crippen LogP contribution in [0.4, 0.5) is 0 Å². The Hall–Kier alpha value is -3.47. The molecular formula is C23H14ClN3O3S. The number of fused-ring (bicyclic) bond motifs is 2. The third kappa shape index (κ3) is 3.21. The fourth-order valence-corrected chi connectivity index (χ4v) is 6.16. The Morgan fingerprint density at radius 1 is 1.10 bits per heavy atom. The van der Waals surface area contributed by atoms with Crippen molar-refractivity contribution < 1.29 is 8.42 Å². The number of benzene rings is 2. The molecule has 8 heteroatoms. The Morgan fingerprint density at radius 2 is 1.94 bits per heavy atom. The summed E-state index contributed by atoms with van der Waals surface area (Å²) in [6.07, 6.45) is 1.91. The number of aryl methyl sites for hydroxylation is 1. The molecule has 31 heavy (non-hydrogen) atoms. The molecule has 5 rings (SSSR count). The van der Waals surface area contributed by atoms with E-state index in [9.17, 15) is 18.5 Å².